The first-order valence-corrected chi connectivity index (χ1v) is 11.7. The quantitative estimate of drug-likeness (QED) is 0.535. The molecule has 1 aromatic heterocycles. The minimum absolute atomic E-state index is 0.238. The van der Waals surface area contributed by atoms with E-state index in [0.29, 0.717) is 26.2 Å². The molecule has 0 saturated carbocycles. The summed E-state index contributed by atoms with van der Waals surface area (Å²) < 4.78 is 18.8. The highest BCUT2D eigenvalue weighted by atomic mass is 19.1. The number of esters is 1. The van der Waals surface area contributed by atoms with Crippen LogP contribution in [0.5, 0.6) is 0 Å². The van der Waals surface area contributed by atoms with Crippen molar-refractivity contribution in [3.05, 3.63) is 65.6 Å². The number of H-pyrrole nitrogens is 1. The fourth-order valence-corrected chi connectivity index (χ4v) is 4.62. The second-order valence-electron chi connectivity index (χ2n) is 8.66. The van der Waals surface area contributed by atoms with E-state index >= 15 is 0 Å². The number of halogens is 1. The van der Waals surface area contributed by atoms with E-state index in [1.165, 1.54) is 12.1 Å². The highest BCUT2D eigenvalue weighted by Crippen LogP contribution is 2.28. The molecule has 8 heteroatoms. The van der Waals surface area contributed by atoms with Gasteiger partial charge in [0.2, 0.25) is 0 Å². The molecule has 0 unspecified atom stereocenters. The van der Waals surface area contributed by atoms with Crippen LogP contribution in [0.4, 0.5) is 14.9 Å². The van der Waals surface area contributed by atoms with Gasteiger partial charge in [0.1, 0.15) is 11.9 Å². The zero-order valence-electron chi connectivity index (χ0n) is 19.8. The molecule has 2 heterocycles. The number of aromatic nitrogens is 1. The van der Waals surface area contributed by atoms with Gasteiger partial charge in [0.15, 0.2) is 0 Å². The predicted octanol–water partition coefficient (Wildman–Crippen LogP) is 4.18. The third-order valence-electron chi connectivity index (χ3n) is 6.50. The van der Waals surface area contributed by atoms with E-state index in [1.807, 2.05) is 44.3 Å². The maximum atomic E-state index is 13.5. The van der Waals surface area contributed by atoms with Gasteiger partial charge in [0.25, 0.3) is 0 Å². The number of amides is 2. The van der Waals surface area contributed by atoms with Crippen molar-refractivity contribution in [2.75, 3.05) is 37.7 Å². The number of nitrogens with zero attached hydrogens (tertiary/aromatic N) is 2. The summed E-state index contributed by atoms with van der Waals surface area (Å²) in [5.41, 5.74) is 3.77. The lowest BCUT2D eigenvalue weighted by molar-refractivity contribution is -0.145. The molecule has 0 radical (unpaired) electrons. The van der Waals surface area contributed by atoms with E-state index in [-0.39, 0.29) is 24.4 Å². The number of para-hydroxylation sites is 1. The molecule has 0 spiro atoms. The summed E-state index contributed by atoms with van der Waals surface area (Å²) in [6, 6.07) is 11.5. The largest absolute Gasteiger partial charge is 0.464 e. The number of carbonyl (C=O) groups excluding carboxylic acids is 2. The van der Waals surface area contributed by atoms with Crippen molar-refractivity contribution in [2.45, 2.75) is 32.7 Å². The molecule has 0 aliphatic carbocycles. The van der Waals surface area contributed by atoms with Crippen molar-refractivity contribution in [1.82, 2.24) is 15.2 Å². The molecule has 2 N–H and O–H groups in total. The molecule has 2 aromatic carbocycles. The van der Waals surface area contributed by atoms with Gasteiger partial charge >= 0.3 is 12.0 Å². The predicted molar refractivity (Wildman–Crippen MR) is 131 cm³/mol. The van der Waals surface area contributed by atoms with Gasteiger partial charge in [-0.25, -0.2) is 14.0 Å². The van der Waals surface area contributed by atoms with Crippen LogP contribution in [0.1, 0.15) is 30.9 Å². The Morgan fingerprint density at radius 3 is 2.59 bits per heavy atom. The standard InChI is InChI=1S/C26H31FN4O3/c1-4-34-25(32)24(18(3)21-16-28-22-8-6-5-7-20(21)22)29-26(33)31-13-11-30(12-14-31)23-10-9-19(27)15-17(23)2/h5-10,15-16,18,24,28H,4,11-14H2,1-3H3,(H,29,33)/t18-,24+/m0/s1. The molecular formula is C26H31FN4O3. The summed E-state index contributed by atoms with van der Waals surface area (Å²) in [6.07, 6.45) is 1.89. The van der Waals surface area contributed by atoms with Crippen molar-refractivity contribution < 1.29 is 18.7 Å². The topological polar surface area (TPSA) is 77.7 Å². The minimum atomic E-state index is -0.816. The smallest absolute Gasteiger partial charge is 0.329 e. The number of piperazine rings is 1. The van der Waals surface area contributed by atoms with Gasteiger partial charge in [0.05, 0.1) is 6.61 Å². The van der Waals surface area contributed by atoms with Gasteiger partial charge in [-0.15, -0.1) is 0 Å². The molecule has 7 nitrogen and oxygen atoms in total. The second kappa shape index (κ2) is 10.2. The Labute approximate surface area is 198 Å². The van der Waals surface area contributed by atoms with Gasteiger partial charge in [-0.2, -0.15) is 0 Å². The van der Waals surface area contributed by atoms with Crippen molar-refractivity contribution in [3.8, 4) is 0 Å². The molecular weight excluding hydrogens is 435 g/mol. The van der Waals surface area contributed by atoms with Crippen LogP contribution >= 0.6 is 0 Å². The summed E-state index contributed by atoms with van der Waals surface area (Å²) in [5.74, 6) is -0.995. The number of fused-ring (bicyclic) bond motifs is 1. The number of anilines is 1. The Morgan fingerprint density at radius 1 is 1.15 bits per heavy atom. The summed E-state index contributed by atoms with van der Waals surface area (Å²) in [4.78, 5) is 33.1. The first-order valence-electron chi connectivity index (χ1n) is 11.7. The summed E-state index contributed by atoms with van der Waals surface area (Å²) in [5, 5.41) is 3.94. The number of aryl methyl sites for hydroxylation is 1. The van der Waals surface area contributed by atoms with Crippen LogP contribution < -0.4 is 10.2 Å². The molecule has 1 fully saturated rings. The maximum Gasteiger partial charge on any atom is 0.329 e. The van der Waals surface area contributed by atoms with Crippen molar-refractivity contribution >= 4 is 28.6 Å². The Bertz CT molecular complexity index is 1170. The number of carbonyl (C=O) groups is 2. The highest BCUT2D eigenvalue weighted by Gasteiger charge is 2.33. The number of benzene rings is 2. The second-order valence-corrected chi connectivity index (χ2v) is 8.66. The number of ether oxygens (including phenoxy) is 1. The minimum Gasteiger partial charge on any atom is -0.464 e. The Balaban J connectivity index is 1.45. The lowest BCUT2D eigenvalue weighted by Crippen LogP contribution is -2.56. The number of rotatable bonds is 6. The number of aromatic amines is 1. The molecule has 4 rings (SSSR count). The summed E-state index contributed by atoms with van der Waals surface area (Å²) in [6.45, 7) is 8.05. The molecule has 1 aliphatic rings. The molecule has 34 heavy (non-hydrogen) atoms. The zero-order valence-corrected chi connectivity index (χ0v) is 19.8. The molecule has 1 saturated heterocycles. The van der Waals surface area contributed by atoms with E-state index < -0.39 is 12.0 Å². The van der Waals surface area contributed by atoms with Crippen LogP contribution in [-0.4, -0.2) is 60.7 Å². The number of urea groups is 1. The lowest BCUT2D eigenvalue weighted by atomic mass is 9.93. The fourth-order valence-electron chi connectivity index (χ4n) is 4.62. The van der Waals surface area contributed by atoms with Crippen molar-refractivity contribution in [3.63, 3.8) is 0 Å². The van der Waals surface area contributed by atoms with Gasteiger partial charge in [-0.3, -0.25) is 0 Å². The summed E-state index contributed by atoms with van der Waals surface area (Å²) >= 11 is 0. The van der Waals surface area contributed by atoms with E-state index in [9.17, 15) is 14.0 Å². The first-order chi connectivity index (χ1) is 16.4. The van der Waals surface area contributed by atoms with E-state index in [2.05, 4.69) is 15.2 Å². The fraction of sp³-hybridized carbons (Fsp3) is 0.385. The van der Waals surface area contributed by atoms with Crippen LogP contribution in [-0.2, 0) is 9.53 Å². The number of hydrogen-bond donors (Lipinski definition) is 2. The van der Waals surface area contributed by atoms with Crippen LogP contribution in [0.25, 0.3) is 10.9 Å². The zero-order chi connectivity index (χ0) is 24.2. The maximum absolute atomic E-state index is 13.5. The molecule has 3 aromatic rings. The number of nitrogens with one attached hydrogen (secondary N) is 2. The third-order valence-corrected chi connectivity index (χ3v) is 6.50. The summed E-state index contributed by atoms with van der Waals surface area (Å²) in [7, 11) is 0. The first kappa shape index (κ1) is 23.6. The van der Waals surface area contributed by atoms with Gasteiger partial charge in [-0.1, -0.05) is 25.1 Å². The Kier molecular flexibility index (Phi) is 7.05. The van der Waals surface area contributed by atoms with Crippen LogP contribution in [0.15, 0.2) is 48.7 Å². The molecule has 0 bridgehead atoms. The normalized spacial score (nSPS) is 15.8. The molecule has 1 aliphatic heterocycles. The van der Waals surface area contributed by atoms with Gasteiger partial charge < -0.3 is 24.8 Å². The average Bonchev–Trinajstić information content (AvgIpc) is 3.26. The van der Waals surface area contributed by atoms with Crippen LogP contribution in [0, 0.1) is 12.7 Å². The molecule has 2 amide bonds. The average molecular weight is 467 g/mol. The Morgan fingerprint density at radius 2 is 1.88 bits per heavy atom. The van der Waals surface area contributed by atoms with E-state index in [0.717, 1.165) is 27.7 Å². The lowest BCUT2D eigenvalue weighted by Gasteiger charge is -2.37. The number of hydrogen-bond acceptors (Lipinski definition) is 4. The van der Waals surface area contributed by atoms with Crippen LogP contribution in [0.2, 0.25) is 0 Å². The third kappa shape index (κ3) is 4.85. The van der Waals surface area contributed by atoms with E-state index in [4.69, 9.17) is 4.74 Å². The van der Waals surface area contributed by atoms with Gasteiger partial charge in [0, 0.05) is 54.9 Å². The van der Waals surface area contributed by atoms with Crippen LogP contribution in [0.3, 0.4) is 0 Å². The van der Waals surface area contributed by atoms with Gasteiger partial charge in [-0.05, 0) is 49.2 Å². The van der Waals surface area contributed by atoms with E-state index in [1.54, 1.807) is 17.9 Å². The molecule has 180 valence electrons. The molecule has 2 atom stereocenters. The van der Waals surface area contributed by atoms with Crippen molar-refractivity contribution in [1.29, 1.82) is 0 Å². The monoisotopic (exact) mass is 466 g/mol. The Hall–Kier alpha value is -3.55. The SMILES string of the molecule is CCOC(=O)[C@H](NC(=O)N1CCN(c2ccc(F)cc2C)CC1)[C@@H](C)c1c[nH]c2ccccc12. The highest BCUT2D eigenvalue weighted by molar-refractivity contribution is 5.88. The van der Waals surface area contributed by atoms with Crippen molar-refractivity contribution in [2.24, 2.45) is 0 Å².